The summed E-state index contributed by atoms with van der Waals surface area (Å²) in [5.74, 6) is 0.188. The molecule has 0 aliphatic carbocycles. The Hall–Kier alpha value is -1.35. The molecule has 1 aliphatic heterocycles. The van der Waals surface area contributed by atoms with E-state index in [1.165, 1.54) is 5.56 Å². The first-order valence-electron chi connectivity index (χ1n) is 7.61. The first-order chi connectivity index (χ1) is 9.61. The van der Waals surface area contributed by atoms with Crippen molar-refractivity contribution in [1.29, 1.82) is 0 Å². The van der Waals surface area contributed by atoms with E-state index in [9.17, 15) is 4.79 Å². The predicted octanol–water partition coefficient (Wildman–Crippen LogP) is 3.72. The number of hydrogen-bond acceptors (Lipinski definition) is 2. The van der Waals surface area contributed by atoms with E-state index in [0.717, 1.165) is 5.56 Å². The lowest BCUT2D eigenvalue weighted by molar-refractivity contribution is -0.163. The number of aryl methyl sites for hydroxylation is 1. The predicted molar refractivity (Wildman–Crippen MR) is 85.1 cm³/mol. The van der Waals surface area contributed by atoms with Crippen molar-refractivity contribution in [2.45, 2.75) is 53.2 Å². The van der Waals surface area contributed by atoms with Gasteiger partial charge in [-0.2, -0.15) is 0 Å². The smallest absolute Gasteiger partial charge is 0.228 e. The molecular weight excluding hydrogens is 262 g/mol. The highest BCUT2D eigenvalue weighted by Gasteiger charge is 2.41. The normalized spacial score (nSPS) is 22.2. The molecule has 1 heterocycles. The van der Waals surface area contributed by atoms with Crippen LogP contribution in [0, 0.1) is 12.3 Å². The van der Waals surface area contributed by atoms with Crippen LogP contribution < -0.4 is 0 Å². The quantitative estimate of drug-likeness (QED) is 0.788. The largest absolute Gasteiger partial charge is 0.369 e. The number of nitrogens with zero attached hydrogens (tertiary/aromatic N) is 1. The molecule has 1 unspecified atom stereocenters. The molecule has 3 heteroatoms. The third-order valence-corrected chi connectivity index (χ3v) is 4.05. The van der Waals surface area contributed by atoms with E-state index in [0.29, 0.717) is 13.2 Å². The van der Waals surface area contributed by atoms with Gasteiger partial charge in [-0.25, -0.2) is 0 Å². The number of carbonyl (C=O) groups is 1. The fourth-order valence-corrected chi connectivity index (χ4v) is 2.59. The summed E-state index contributed by atoms with van der Waals surface area (Å²) in [4.78, 5) is 14.7. The van der Waals surface area contributed by atoms with Gasteiger partial charge in [0.05, 0.1) is 18.7 Å². The van der Waals surface area contributed by atoms with Crippen LogP contribution in [0.4, 0.5) is 0 Å². The first kappa shape index (κ1) is 16.0. The van der Waals surface area contributed by atoms with E-state index in [4.69, 9.17) is 4.74 Å². The second-order valence-electron chi connectivity index (χ2n) is 7.69. The summed E-state index contributed by atoms with van der Waals surface area (Å²) in [5, 5.41) is 0. The monoisotopic (exact) mass is 289 g/mol. The maximum absolute atomic E-state index is 12.7. The molecule has 1 fully saturated rings. The highest BCUT2D eigenvalue weighted by Crippen LogP contribution is 2.33. The first-order valence-corrected chi connectivity index (χ1v) is 7.61. The van der Waals surface area contributed by atoms with Gasteiger partial charge >= 0.3 is 0 Å². The number of hydrogen-bond donors (Lipinski definition) is 0. The number of morpholine rings is 1. The van der Waals surface area contributed by atoms with Crippen LogP contribution >= 0.6 is 0 Å². The highest BCUT2D eigenvalue weighted by molar-refractivity contribution is 5.82. The number of ether oxygens (including phenoxy) is 1. The maximum Gasteiger partial charge on any atom is 0.228 e. The molecule has 21 heavy (non-hydrogen) atoms. The van der Waals surface area contributed by atoms with Crippen LogP contribution in [0.1, 0.15) is 51.8 Å². The topological polar surface area (TPSA) is 29.5 Å². The average molecular weight is 289 g/mol. The summed E-state index contributed by atoms with van der Waals surface area (Å²) in [5.41, 5.74) is 1.75. The molecule has 0 N–H and O–H groups in total. The summed E-state index contributed by atoms with van der Waals surface area (Å²) in [6.45, 7) is 13.3. The molecule has 0 saturated carbocycles. The van der Waals surface area contributed by atoms with Gasteiger partial charge in [0.1, 0.15) is 6.10 Å². The van der Waals surface area contributed by atoms with Crippen LogP contribution in [0.3, 0.4) is 0 Å². The molecule has 1 aliphatic rings. The Bertz CT molecular complexity index is 511. The molecule has 116 valence electrons. The van der Waals surface area contributed by atoms with Gasteiger partial charge in [0, 0.05) is 5.41 Å². The minimum absolute atomic E-state index is 0.0371. The molecule has 0 spiro atoms. The van der Waals surface area contributed by atoms with Crippen molar-refractivity contribution in [3.63, 3.8) is 0 Å². The van der Waals surface area contributed by atoms with Gasteiger partial charge in [-0.05, 0) is 26.3 Å². The third kappa shape index (κ3) is 3.46. The number of amides is 1. The second-order valence-corrected chi connectivity index (χ2v) is 7.69. The Morgan fingerprint density at radius 3 is 2.33 bits per heavy atom. The van der Waals surface area contributed by atoms with Crippen LogP contribution in [-0.2, 0) is 9.53 Å². The van der Waals surface area contributed by atoms with Crippen LogP contribution in [0.15, 0.2) is 24.3 Å². The van der Waals surface area contributed by atoms with Gasteiger partial charge in [0.25, 0.3) is 0 Å². The Morgan fingerprint density at radius 2 is 1.81 bits per heavy atom. The minimum Gasteiger partial charge on any atom is -0.369 e. The van der Waals surface area contributed by atoms with E-state index in [2.05, 4.69) is 45.0 Å². The van der Waals surface area contributed by atoms with Crippen LogP contribution in [0.5, 0.6) is 0 Å². The van der Waals surface area contributed by atoms with Crippen LogP contribution in [0.25, 0.3) is 0 Å². The highest BCUT2D eigenvalue weighted by atomic mass is 16.5. The second kappa shape index (κ2) is 5.45. The average Bonchev–Trinajstić information content (AvgIpc) is 2.38. The molecule has 0 radical (unpaired) electrons. The van der Waals surface area contributed by atoms with E-state index < -0.39 is 0 Å². The zero-order valence-electron chi connectivity index (χ0n) is 14.1. The number of benzene rings is 1. The number of rotatable bonds is 1. The van der Waals surface area contributed by atoms with Gasteiger partial charge in [-0.3, -0.25) is 4.79 Å². The summed E-state index contributed by atoms with van der Waals surface area (Å²) >= 11 is 0. The zero-order valence-corrected chi connectivity index (χ0v) is 14.1. The van der Waals surface area contributed by atoms with Crippen molar-refractivity contribution < 1.29 is 9.53 Å². The molecule has 3 nitrogen and oxygen atoms in total. The van der Waals surface area contributed by atoms with Gasteiger partial charge in [-0.1, -0.05) is 50.6 Å². The summed E-state index contributed by atoms with van der Waals surface area (Å²) in [6, 6.07) is 8.37. The van der Waals surface area contributed by atoms with Gasteiger partial charge < -0.3 is 9.64 Å². The molecule has 2 rings (SSSR count). The van der Waals surface area contributed by atoms with Crippen molar-refractivity contribution in [3.05, 3.63) is 35.4 Å². The van der Waals surface area contributed by atoms with E-state index >= 15 is 0 Å². The maximum atomic E-state index is 12.7. The lowest BCUT2D eigenvalue weighted by Gasteiger charge is -2.47. The Labute approximate surface area is 128 Å². The van der Waals surface area contributed by atoms with Crippen molar-refractivity contribution in [1.82, 2.24) is 4.90 Å². The van der Waals surface area contributed by atoms with E-state index in [-0.39, 0.29) is 23.0 Å². The van der Waals surface area contributed by atoms with Crippen molar-refractivity contribution >= 4 is 5.91 Å². The number of carbonyl (C=O) groups excluding carboxylic acids is 1. The van der Waals surface area contributed by atoms with E-state index in [1.807, 2.05) is 25.7 Å². The lowest BCUT2D eigenvalue weighted by atomic mass is 9.89. The molecule has 0 aromatic heterocycles. The Morgan fingerprint density at radius 1 is 1.24 bits per heavy atom. The zero-order chi connectivity index (χ0) is 15.8. The van der Waals surface area contributed by atoms with Crippen LogP contribution in [-0.4, -0.2) is 29.5 Å². The Kier molecular flexibility index (Phi) is 4.16. The minimum atomic E-state index is -0.369. The molecule has 1 aromatic rings. The summed E-state index contributed by atoms with van der Waals surface area (Å²) in [7, 11) is 0. The summed E-state index contributed by atoms with van der Waals surface area (Å²) in [6.07, 6.45) is -0.0371. The molecule has 1 amide bonds. The van der Waals surface area contributed by atoms with Crippen molar-refractivity contribution in [2.24, 2.45) is 5.41 Å². The lowest BCUT2D eigenvalue weighted by Crippen LogP contribution is -2.58. The van der Waals surface area contributed by atoms with Gasteiger partial charge in [0.2, 0.25) is 5.91 Å². The molecule has 1 atom stereocenters. The Balaban J connectivity index is 2.23. The van der Waals surface area contributed by atoms with E-state index in [1.54, 1.807) is 0 Å². The SMILES string of the molecule is Cc1ccc(C2CN(C(=O)C(C)(C)C)C(C)(C)CO2)cc1. The molecule has 1 aromatic carbocycles. The standard InChI is InChI=1S/C18H27NO2/c1-13-7-9-14(10-8-13)15-11-19(16(20)17(2,3)4)18(5,6)12-21-15/h7-10,15H,11-12H2,1-6H3. The molecule has 1 saturated heterocycles. The fraction of sp³-hybridized carbons (Fsp3) is 0.611. The van der Waals surface area contributed by atoms with Gasteiger partial charge in [0.15, 0.2) is 0 Å². The van der Waals surface area contributed by atoms with Crippen LogP contribution in [0.2, 0.25) is 0 Å². The summed E-state index contributed by atoms with van der Waals surface area (Å²) < 4.78 is 6.02. The third-order valence-electron chi connectivity index (χ3n) is 4.05. The van der Waals surface area contributed by atoms with Gasteiger partial charge in [-0.15, -0.1) is 0 Å². The van der Waals surface area contributed by atoms with Crippen molar-refractivity contribution in [3.8, 4) is 0 Å². The molecular formula is C18H27NO2. The fourth-order valence-electron chi connectivity index (χ4n) is 2.59. The molecule has 0 bridgehead atoms. The van der Waals surface area contributed by atoms with Crippen molar-refractivity contribution in [2.75, 3.05) is 13.2 Å².